The summed E-state index contributed by atoms with van der Waals surface area (Å²) in [5, 5.41) is 2.17. The molecule has 0 fully saturated rings. The smallest absolute Gasteiger partial charge is 0.344 e. The van der Waals surface area contributed by atoms with E-state index in [-0.39, 0.29) is 5.97 Å². The quantitative estimate of drug-likeness (QED) is 0.276. The summed E-state index contributed by atoms with van der Waals surface area (Å²) in [6, 6.07) is 15.2. The van der Waals surface area contributed by atoms with Crippen LogP contribution in [-0.2, 0) is 19.3 Å². The van der Waals surface area contributed by atoms with Crippen LogP contribution in [0, 0.1) is 20.8 Å². The van der Waals surface area contributed by atoms with Crippen molar-refractivity contribution in [2.75, 3.05) is 13.1 Å². The van der Waals surface area contributed by atoms with Gasteiger partial charge in [0.25, 0.3) is 0 Å². The number of carbonyl (C=O) groups excluding carboxylic acids is 1. The number of hydrogen-bond acceptors (Lipinski definition) is 4. The highest BCUT2D eigenvalue weighted by atomic mass is 32.1. The van der Waals surface area contributed by atoms with Crippen molar-refractivity contribution in [2.45, 2.75) is 65.8 Å². The Kier molecular flexibility index (Phi) is 7.67. The van der Waals surface area contributed by atoms with Gasteiger partial charge in [0, 0.05) is 17.5 Å². The number of carbonyl (C=O) groups is 1. The van der Waals surface area contributed by atoms with E-state index in [1.54, 1.807) is 0 Å². The number of benzene rings is 2. The Morgan fingerprint density at radius 1 is 1.09 bits per heavy atom. The fourth-order valence-corrected chi connectivity index (χ4v) is 5.98. The van der Waals surface area contributed by atoms with Crippen LogP contribution in [0.5, 0.6) is 5.75 Å². The number of fused-ring (bicyclic) bond motifs is 1. The van der Waals surface area contributed by atoms with Gasteiger partial charge in [-0.25, -0.2) is 4.79 Å². The summed E-state index contributed by atoms with van der Waals surface area (Å²) in [7, 11) is 0. The molecule has 0 radical (unpaired) electrons. The minimum atomic E-state index is -0.246. The molecule has 0 saturated heterocycles. The van der Waals surface area contributed by atoms with Crippen LogP contribution in [0.1, 0.15) is 62.8 Å². The van der Waals surface area contributed by atoms with Crippen molar-refractivity contribution in [1.82, 2.24) is 4.90 Å². The number of thiophene rings is 1. The van der Waals surface area contributed by atoms with Gasteiger partial charge in [-0.2, -0.15) is 0 Å². The third kappa shape index (κ3) is 5.56. The summed E-state index contributed by atoms with van der Waals surface area (Å²) in [5.41, 5.74) is 6.34. The predicted octanol–water partition coefficient (Wildman–Crippen LogP) is 6.70. The van der Waals surface area contributed by atoms with E-state index >= 15 is 0 Å². The van der Waals surface area contributed by atoms with Gasteiger partial charge in [-0.15, -0.1) is 11.3 Å². The van der Waals surface area contributed by atoms with Crippen LogP contribution in [0.15, 0.2) is 47.8 Å². The topological polar surface area (TPSA) is 29.5 Å². The summed E-state index contributed by atoms with van der Waals surface area (Å²) in [6.45, 7) is 10.5. The average Bonchev–Trinajstić information content (AvgIpc) is 3.29. The molecule has 0 amide bonds. The zero-order valence-electron chi connectivity index (χ0n) is 20.3. The first-order valence-corrected chi connectivity index (χ1v) is 13.0. The lowest BCUT2D eigenvalue weighted by atomic mass is 9.86. The number of nitrogens with zero attached hydrogens (tertiary/aromatic N) is 1. The van der Waals surface area contributed by atoms with Gasteiger partial charge in [0.2, 0.25) is 0 Å². The summed E-state index contributed by atoms with van der Waals surface area (Å²) in [4.78, 5) is 17.2. The molecule has 0 bridgehead atoms. The van der Waals surface area contributed by atoms with E-state index in [1.165, 1.54) is 28.0 Å². The van der Waals surface area contributed by atoms with Crippen molar-refractivity contribution < 1.29 is 9.53 Å². The summed E-state index contributed by atoms with van der Waals surface area (Å²) >= 11 is 1.85. The number of aryl methyl sites for hydroxylation is 3. The lowest BCUT2D eigenvalue weighted by Gasteiger charge is -2.35. The van der Waals surface area contributed by atoms with Crippen molar-refractivity contribution in [3.63, 3.8) is 0 Å². The van der Waals surface area contributed by atoms with Crippen molar-refractivity contribution >= 4 is 17.3 Å². The van der Waals surface area contributed by atoms with Gasteiger partial charge in [0.05, 0.1) is 5.56 Å². The van der Waals surface area contributed by atoms with Crippen LogP contribution in [0.25, 0.3) is 0 Å². The Labute approximate surface area is 202 Å². The SMILES string of the molecule is CCCN(CCc1cccs1)C1CCc2c(cccc2OC(=O)c2c(C)cc(C)cc2C)C1. The lowest BCUT2D eigenvalue weighted by Crippen LogP contribution is -2.41. The molecule has 1 aliphatic carbocycles. The first-order chi connectivity index (χ1) is 16.0. The van der Waals surface area contributed by atoms with Crippen LogP contribution in [0.3, 0.4) is 0 Å². The monoisotopic (exact) mass is 461 g/mol. The van der Waals surface area contributed by atoms with Gasteiger partial charge < -0.3 is 4.74 Å². The molecular formula is C29H35NO2S. The standard InChI is InChI=1S/C29H35NO2S/c1-5-14-30(15-13-25-9-7-16-33-25)24-11-12-26-23(19-24)8-6-10-27(26)32-29(31)28-21(3)17-20(2)18-22(28)4/h6-10,16-18,24H,5,11-15,19H2,1-4H3. The third-order valence-electron chi connectivity index (χ3n) is 6.75. The summed E-state index contributed by atoms with van der Waals surface area (Å²) in [6.07, 6.45) is 5.37. The van der Waals surface area contributed by atoms with E-state index in [4.69, 9.17) is 4.74 Å². The molecule has 0 spiro atoms. The molecule has 1 aromatic heterocycles. The van der Waals surface area contributed by atoms with Crippen LogP contribution < -0.4 is 4.74 Å². The molecule has 0 saturated carbocycles. The molecule has 1 atom stereocenters. The normalized spacial score (nSPS) is 15.5. The van der Waals surface area contributed by atoms with Crippen LogP contribution >= 0.6 is 11.3 Å². The molecule has 0 aliphatic heterocycles. The highest BCUT2D eigenvalue weighted by Crippen LogP contribution is 2.33. The largest absolute Gasteiger partial charge is 0.423 e. The van der Waals surface area contributed by atoms with Crippen LogP contribution in [0.2, 0.25) is 0 Å². The molecule has 1 unspecified atom stereocenters. The van der Waals surface area contributed by atoms with Crippen molar-refractivity contribution in [1.29, 1.82) is 0 Å². The second kappa shape index (κ2) is 10.7. The van der Waals surface area contributed by atoms with Crippen molar-refractivity contribution in [3.05, 3.63) is 86.1 Å². The Bertz CT molecular complexity index is 1080. The molecule has 4 heteroatoms. The van der Waals surface area contributed by atoms with E-state index < -0.39 is 0 Å². The molecule has 3 nitrogen and oxygen atoms in total. The maximum atomic E-state index is 13.1. The number of esters is 1. The minimum Gasteiger partial charge on any atom is -0.423 e. The molecule has 1 heterocycles. The van der Waals surface area contributed by atoms with Gasteiger partial charge >= 0.3 is 5.97 Å². The van der Waals surface area contributed by atoms with E-state index in [9.17, 15) is 4.79 Å². The molecule has 174 valence electrons. The van der Waals surface area contributed by atoms with Gasteiger partial charge in [0.15, 0.2) is 0 Å². The second-order valence-electron chi connectivity index (χ2n) is 9.32. The first kappa shape index (κ1) is 23.7. The molecule has 0 N–H and O–H groups in total. The molecule has 1 aliphatic rings. The first-order valence-electron chi connectivity index (χ1n) is 12.1. The minimum absolute atomic E-state index is 0.246. The van der Waals surface area contributed by atoms with Crippen LogP contribution in [0.4, 0.5) is 0 Å². The molecule has 33 heavy (non-hydrogen) atoms. The van der Waals surface area contributed by atoms with Crippen molar-refractivity contribution in [2.24, 2.45) is 0 Å². The number of hydrogen-bond donors (Lipinski definition) is 0. The van der Waals surface area contributed by atoms with E-state index in [0.29, 0.717) is 11.6 Å². The molecule has 2 aromatic carbocycles. The van der Waals surface area contributed by atoms with Gasteiger partial charge in [0.1, 0.15) is 5.75 Å². The highest BCUT2D eigenvalue weighted by Gasteiger charge is 2.27. The fraction of sp³-hybridized carbons (Fsp3) is 0.414. The van der Waals surface area contributed by atoms with E-state index in [2.05, 4.69) is 42.3 Å². The highest BCUT2D eigenvalue weighted by molar-refractivity contribution is 7.09. The van der Waals surface area contributed by atoms with E-state index in [1.807, 2.05) is 49.4 Å². The lowest BCUT2D eigenvalue weighted by molar-refractivity contribution is 0.0730. The van der Waals surface area contributed by atoms with Crippen molar-refractivity contribution in [3.8, 4) is 5.75 Å². The molecular weight excluding hydrogens is 426 g/mol. The third-order valence-corrected chi connectivity index (χ3v) is 7.69. The van der Waals surface area contributed by atoms with Gasteiger partial charge in [-0.1, -0.05) is 42.8 Å². The fourth-order valence-electron chi connectivity index (χ4n) is 5.29. The van der Waals surface area contributed by atoms with Crippen LogP contribution in [-0.4, -0.2) is 30.0 Å². The van der Waals surface area contributed by atoms with Gasteiger partial charge in [-0.05, 0) is 99.2 Å². The maximum Gasteiger partial charge on any atom is 0.344 e. The van der Waals surface area contributed by atoms with Gasteiger partial charge in [-0.3, -0.25) is 4.90 Å². The summed E-state index contributed by atoms with van der Waals surface area (Å²) < 4.78 is 5.99. The van der Waals surface area contributed by atoms with E-state index in [0.717, 1.165) is 55.6 Å². The zero-order valence-corrected chi connectivity index (χ0v) is 21.1. The summed E-state index contributed by atoms with van der Waals surface area (Å²) in [5.74, 6) is 0.486. The zero-order chi connectivity index (χ0) is 23.4. The Hall–Kier alpha value is -2.43. The predicted molar refractivity (Wildman–Crippen MR) is 138 cm³/mol. The molecule has 3 aromatic rings. The number of ether oxygens (including phenoxy) is 1. The Morgan fingerprint density at radius 3 is 2.58 bits per heavy atom. The second-order valence-corrected chi connectivity index (χ2v) is 10.4. The average molecular weight is 462 g/mol. The number of rotatable bonds is 8. The maximum absolute atomic E-state index is 13.1. The molecule has 4 rings (SSSR count). The Balaban J connectivity index is 1.49. The Morgan fingerprint density at radius 2 is 1.88 bits per heavy atom.